The summed E-state index contributed by atoms with van der Waals surface area (Å²) in [5.41, 5.74) is 0. The van der Waals surface area contributed by atoms with Crippen molar-refractivity contribution in [2.45, 2.75) is 50.6 Å². The molecule has 0 bridgehead atoms. The van der Waals surface area contributed by atoms with Gasteiger partial charge in [0.05, 0.1) is 6.54 Å². The Morgan fingerprint density at radius 1 is 1.21 bits per heavy atom. The minimum atomic E-state index is 0.553. The second kappa shape index (κ2) is 3.35. The summed E-state index contributed by atoms with van der Waals surface area (Å²) in [6.45, 7) is 0.740. The molecule has 0 radical (unpaired) electrons. The minimum absolute atomic E-state index is 0.553. The summed E-state index contributed by atoms with van der Waals surface area (Å²) in [5.74, 6) is 2.15. The molecule has 1 aromatic heterocycles. The lowest BCUT2D eigenvalue weighted by molar-refractivity contribution is 0.321. The van der Waals surface area contributed by atoms with Crippen LogP contribution in [0.15, 0.2) is 4.42 Å². The van der Waals surface area contributed by atoms with Gasteiger partial charge in [-0.1, -0.05) is 6.42 Å². The largest absolute Gasteiger partial charge is 0.424 e. The fraction of sp³-hybridized carbons (Fsp3) is 0.800. The first-order chi connectivity index (χ1) is 6.92. The zero-order valence-electron chi connectivity index (χ0n) is 8.20. The third-order valence-electron chi connectivity index (χ3n) is 3.06. The van der Waals surface area contributed by atoms with Crippen LogP contribution < -0.4 is 5.32 Å². The molecule has 2 aliphatic rings. The van der Waals surface area contributed by atoms with Crippen LogP contribution in [0.25, 0.3) is 0 Å². The first-order valence-corrected chi connectivity index (χ1v) is 5.47. The summed E-state index contributed by atoms with van der Waals surface area (Å²) in [6.07, 6.45) is 6.34. The van der Waals surface area contributed by atoms with Crippen LogP contribution in [-0.4, -0.2) is 16.2 Å². The standard InChI is InChI=1S/C10H15N3O/c1-2-7(3-1)10-13-12-9(14-10)6-11-8-4-5-8/h7-8,11H,1-6H2. The van der Waals surface area contributed by atoms with Gasteiger partial charge in [0.1, 0.15) is 0 Å². The van der Waals surface area contributed by atoms with Crippen molar-refractivity contribution in [3.05, 3.63) is 11.8 Å². The van der Waals surface area contributed by atoms with Crippen LogP contribution in [0.1, 0.15) is 49.8 Å². The van der Waals surface area contributed by atoms with E-state index >= 15 is 0 Å². The summed E-state index contributed by atoms with van der Waals surface area (Å²) in [7, 11) is 0. The van der Waals surface area contributed by atoms with Crippen LogP contribution in [0.3, 0.4) is 0 Å². The molecule has 0 saturated heterocycles. The van der Waals surface area contributed by atoms with E-state index in [4.69, 9.17) is 4.42 Å². The number of nitrogens with one attached hydrogen (secondary N) is 1. The van der Waals surface area contributed by atoms with Crippen LogP contribution in [0.4, 0.5) is 0 Å². The van der Waals surface area contributed by atoms with Gasteiger partial charge in [0, 0.05) is 12.0 Å². The number of nitrogens with zero attached hydrogens (tertiary/aromatic N) is 2. The molecule has 4 heteroatoms. The monoisotopic (exact) mass is 193 g/mol. The SMILES string of the molecule is C1CC(c2nnc(CNC3CC3)o2)C1. The van der Waals surface area contributed by atoms with E-state index in [1.165, 1.54) is 32.1 Å². The number of rotatable bonds is 4. The van der Waals surface area contributed by atoms with E-state index in [0.29, 0.717) is 12.0 Å². The average Bonchev–Trinajstić information content (AvgIpc) is 2.82. The molecule has 0 amide bonds. The molecule has 0 spiro atoms. The Morgan fingerprint density at radius 2 is 2.07 bits per heavy atom. The maximum atomic E-state index is 5.58. The normalized spacial score (nSPS) is 22.3. The van der Waals surface area contributed by atoms with E-state index in [2.05, 4.69) is 15.5 Å². The van der Waals surface area contributed by atoms with Crippen LogP contribution in [0, 0.1) is 0 Å². The van der Waals surface area contributed by atoms with Gasteiger partial charge in [0.15, 0.2) is 0 Å². The lowest BCUT2D eigenvalue weighted by atomic mass is 9.85. The van der Waals surface area contributed by atoms with Gasteiger partial charge in [-0.05, 0) is 25.7 Å². The second-order valence-electron chi connectivity index (χ2n) is 4.32. The molecule has 2 fully saturated rings. The van der Waals surface area contributed by atoms with Gasteiger partial charge in [-0.2, -0.15) is 0 Å². The third-order valence-corrected chi connectivity index (χ3v) is 3.06. The van der Waals surface area contributed by atoms with Crippen molar-refractivity contribution >= 4 is 0 Å². The highest BCUT2D eigenvalue weighted by atomic mass is 16.4. The van der Waals surface area contributed by atoms with Crippen LogP contribution in [0.5, 0.6) is 0 Å². The zero-order valence-corrected chi connectivity index (χ0v) is 8.20. The Balaban J connectivity index is 1.58. The lowest BCUT2D eigenvalue weighted by Gasteiger charge is -2.20. The molecule has 76 valence electrons. The van der Waals surface area contributed by atoms with E-state index < -0.39 is 0 Å². The van der Waals surface area contributed by atoms with Crippen LogP contribution in [0.2, 0.25) is 0 Å². The molecule has 14 heavy (non-hydrogen) atoms. The van der Waals surface area contributed by atoms with E-state index in [0.717, 1.165) is 18.3 Å². The van der Waals surface area contributed by atoms with Crippen molar-refractivity contribution in [2.24, 2.45) is 0 Å². The molecule has 3 rings (SSSR count). The molecule has 0 aliphatic heterocycles. The lowest BCUT2D eigenvalue weighted by Crippen LogP contribution is -2.15. The first-order valence-electron chi connectivity index (χ1n) is 5.47. The van der Waals surface area contributed by atoms with Crippen molar-refractivity contribution < 1.29 is 4.42 Å². The summed E-state index contributed by atoms with van der Waals surface area (Å²) in [6, 6.07) is 0.703. The Hall–Kier alpha value is -0.900. The summed E-state index contributed by atoms with van der Waals surface area (Å²) >= 11 is 0. The van der Waals surface area contributed by atoms with Crippen LogP contribution >= 0.6 is 0 Å². The van der Waals surface area contributed by atoms with E-state index in [9.17, 15) is 0 Å². The van der Waals surface area contributed by atoms with E-state index in [1.807, 2.05) is 0 Å². The third kappa shape index (κ3) is 1.66. The topological polar surface area (TPSA) is 51.0 Å². The van der Waals surface area contributed by atoms with E-state index in [-0.39, 0.29) is 0 Å². The van der Waals surface area contributed by atoms with Crippen LogP contribution in [-0.2, 0) is 6.54 Å². The molecule has 1 aromatic rings. The number of hydrogen-bond acceptors (Lipinski definition) is 4. The summed E-state index contributed by atoms with van der Waals surface area (Å²) in [5, 5.41) is 11.5. The predicted molar refractivity (Wildman–Crippen MR) is 50.8 cm³/mol. The second-order valence-corrected chi connectivity index (χ2v) is 4.32. The molecule has 0 aromatic carbocycles. The van der Waals surface area contributed by atoms with Gasteiger partial charge in [0.2, 0.25) is 11.8 Å². The zero-order chi connectivity index (χ0) is 9.38. The highest BCUT2D eigenvalue weighted by Gasteiger charge is 2.26. The average molecular weight is 193 g/mol. The molecule has 1 heterocycles. The summed E-state index contributed by atoms with van der Waals surface area (Å²) in [4.78, 5) is 0. The Bertz CT molecular complexity index is 315. The molecule has 2 saturated carbocycles. The minimum Gasteiger partial charge on any atom is -0.424 e. The molecule has 2 aliphatic carbocycles. The fourth-order valence-corrected chi connectivity index (χ4v) is 1.68. The van der Waals surface area contributed by atoms with Crippen molar-refractivity contribution in [3.8, 4) is 0 Å². The fourth-order valence-electron chi connectivity index (χ4n) is 1.68. The maximum absolute atomic E-state index is 5.58. The van der Waals surface area contributed by atoms with Crippen molar-refractivity contribution in [1.29, 1.82) is 0 Å². The van der Waals surface area contributed by atoms with Gasteiger partial charge in [0.25, 0.3) is 0 Å². The Morgan fingerprint density at radius 3 is 2.71 bits per heavy atom. The molecule has 0 atom stereocenters. The number of aromatic nitrogens is 2. The van der Waals surface area contributed by atoms with E-state index in [1.54, 1.807) is 0 Å². The quantitative estimate of drug-likeness (QED) is 0.789. The van der Waals surface area contributed by atoms with Crippen molar-refractivity contribution in [3.63, 3.8) is 0 Å². The maximum Gasteiger partial charge on any atom is 0.230 e. The van der Waals surface area contributed by atoms with Gasteiger partial charge in [-0.15, -0.1) is 10.2 Å². The van der Waals surface area contributed by atoms with Gasteiger partial charge in [-0.3, -0.25) is 0 Å². The highest BCUT2D eigenvalue weighted by molar-refractivity contribution is 4.96. The van der Waals surface area contributed by atoms with Gasteiger partial charge in [-0.25, -0.2) is 0 Å². The van der Waals surface area contributed by atoms with Gasteiger partial charge >= 0.3 is 0 Å². The molecule has 1 N–H and O–H groups in total. The van der Waals surface area contributed by atoms with Crippen molar-refractivity contribution in [1.82, 2.24) is 15.5 Å². The summed E-state index contributed by atoms with van der Waals surface area (Å²) < 4.78 is 5.58. The first kappa shape index (κ1) is 8.41. The predicted octanol–water partition coefficient (Wildman–Crippen LogP) is 1.59. The number of hydrogen-bond donors (Lipinski definition) is 1. The van der Waals surface area contributed by atoms with Gasteiger partial charge < -0.3 is 9.73 Å². The Labute approximate surface area is 83.1 Å². The highest BCUT2D eigenvalue weighted by Crippen LogP contribution is 2.35. The molecular formula is C10H15N3O. The van der Waals surface area contributed by atoms with Crippen molar-refractivity contribution in [2.75, 3.05) is 0 Å². The smallest absolute Gasteiger partial charge is 0.230 e. The molecule has 4 nitrogen and oxygen atoms in total. The Kier molecular flexibility index (Phi) is 2.01. The molecule has 0 unspecified atom stereocenters. The molecular weight excluding hydrogens is 178 g/mol.